The van der Waals surface area contributed by atoms with E-state index in [4.69, 9.17) is 12.2 Å². The minimum Gasteiger partial charge on any atom is -0.406 e. The number of hydrogen-bond donors (Lipinski definition) is 1. The lowest BCUT2D eigenvalue weighted by Crippen LogP contribution is -2.32. The van der Waals surface area contributed by atoms with Gasteiger partial charge in [-0.2, -0.15) is 4.99 Å². The molecule has 1 saturated heterocycles. The number of carbonyl (C=O) groups excluding carboxylic acids is 1. The minimum atomic E-state index is -4.75. The molecular weight excluding hydrogens is 634 g/mol. The molecule has 13 heteroatoms. The van der Waals surface area contributed by atoms with E-state index < -0.39 is 6.36 Å². The molecule has 236 valence electrons. The fraction of sp³-hybridized carbons (Fsp3) is 0.242. The van der Waals surface area contributed by atoms with Crippen LogP contribution in [0.2, 0.25) is 0 Å². The Bertz CT molecular complexity index is 1830. The number of thiocarbonyl (C=S) groups is 1. The highest BCUT2D eigenvalue weighted by Crippen LogP contribution is 2.34. The lowest BCUT2D eigenvalue weighted by molar-refractivity contribution is -0.274. The van der Waals surface area contributed by atoms with Gasteiger partial charge < -0.3 is 10.1 Å². The minimum absolute atomic E-state index is 0.0202. The Morgan fingerprint density at radius 2 is 1.87 bits per heavy atom. The Hall–Kier alpha value is -4.67. The number of hydrogen-bond acceptors (Lipinski definition) is 6. The predicted molar refractivity (Wildman–Crippen MR) is 178 cm³/mol. The smallest absolute Gasteiger partial charge is 0.406 e. The van der Waals surface area contributed by atoms with Gasteiger partial charge in [-0.15, -0.1) is 18.3 Å². The molecule has 1 aliphatic rings. The van der Waals surface area contributed by atoms with E-state index >= 15 is 0 Å². The van der Waals surface area contributed by atoms with Gasteiger partial charge in [0.1, 0.15) is 12.1 Å². The molecule has 0 aliphatic carbocycles. The van der Waals surface area contributed by atoms with Gasteiger partial charge in [0.15, 0.2) is 16.1 Å². The van der Waals surface area contributed by atoms with E-state index in [0.29, 0.717) is 40.5 Å². The molecule has 0 spiro atoms. The van der Waals surface area contributed by atoms with E-state index in [1.165, 1.54) is 47.0 Å². The zero-order valence-electron chi connectivity index (χ0n) is 25.1. The van der Waals surface area contributed by atoms with Crippen LogP contribution in [0.15, 0.2) is 78.0 Å². The van der Waals surface area contributed by atoms with Crippen molar-refractivity contribution in [2.24, 2.45) is 4.99 Å². The third-order valence-electron chi connectivity index (χ3n) is 6.74. The summed E-state index contributed by atoms with van der Waals surface area (Å²) < 4.78 is 42.6. The van der Waals surface area contributed by atoms with Crippen LogP contribution in [0.5, 0.6) is 5.75 Å². The quantitative estimate of drug-likeness (QED) is 0.129. The van der Waals surface area contributed by atoms with Crippen LogP contribution in [0.1, 0.15) is 42.9 Å². The molecule has 3 aromatic carbocycles. The van der Waals surface area contributed by atoms with Gasteiger partial charge in [0.05, 0.1) is 17.1 Å². The average molecular weight is 663 g/mol. The van der Waals surface area contributed by atoms with E-state index in [1.54, 1.807) is 4.90 Å². The molecule has 1 N–H and O–H groups in total. The Labute approximate surface area is 274 Å². The van der Waals surface area contributed by atoms with Crippen molar-refractivity contribution in [1.82, 2.24) is 20.1 Å². The first kappa shape index (κ1) is 32.7. The van der Waals surface area contributed by atoms with Crippen molar-refractivity contribution in [3.63, 3.8) is 0 Å². The van der Waals surface area contributed by atoms with Crippen LogP contribution in [-0.2, 0) is 4.79 Å². The molecule has 1 aromatic heterocycles. The van der Waals surface area contributed by atoms with Crippen LogP contribution >= 0.6 is 24.0 Å². The van der Waals surface area contributed by atoms with Crippen LogP contribution in [0.4, 0.5) is 18.9 Å². The second-order valence-electron chi connectivity index (χ2n) is 10.5. The summed E-state index contributed by atoms with van der Waals surface area (Å²) in [6.07, 6.45) is -2.74. The number of alkyl halides is 3. The topological polar surface area (TPSA) is 84.6 Å². The molecule has 1 fully saturated rings. The first-order valence-corrected chi connectivity index (χ1v) is 15.7. The van der Waals surface area contributed by atoms with Gasteiger partial charge in [0.2, 0.25) is 5.91 Å². The third kappa shape index (κ3) is 8.32. The summed E-state index contributed by atoms with van der Waals surface area (Å²) in [4.78, 5) is 23.3. The van der Waals surface area contributed by atoms with Gasteiger partial charge in [-0.05, 0) is 90.8 Å². The van der Waals surface area contributed by atoms with Crippen LogP contribution in [0, 0.1) is 18.8 Å². The summed E-state index contributed by atoms with van der Waals surface area (Å²) >= 11 is 6.82. The Morgan fingerprint density at radius 3 is 2.57 bits per heavy atom. The van der Waals surface area contributed by atoms with E-state index in [9.17, 15) is 18.0 Å². The summed E-state index contributed by atoms with van der Waals surface area (Å²) in [5, 5.41) is 8.38. The monoisotopic (exact) mass is 662 g/mol. The van der Waals surface area contributed by atoms with Gasteiger partial charge in [0.25, 0.3) is 0 Å². The van der Waals surface area contributed by atoms with Crippen LogP contribution in [0.25, 0.3) is 17.1 Å². The molecule has 8 nitrogen and oxygen atoms in total. The van der Waals surface area contributed by atoms with E-state index in [2.05, 4.69) is 56.9 Å². The van der Waals surface area contributed by atoms with Crippen molar-refractivity contribution in [2.45, 2.75) is 39.5 Å². The van der Waals surface area contributed by atoms with Crippen LogP contribution in [0.3, 0.4) is 0 Å². The first-order chi connectivity index (χ1) is 22.0. The standard InChI is InChI=1S/C33H29F3N6O2S2/c1-21(2)27-16-7-22(3)18-28(27)42-29(43)19-46-32(42)39-31(45)37-17-5-4-6-23-8-10-24(11-9-23)30-38-20-41(40-30)25-12-14-26(15-13-25)44-33(34,35)36/h7-16,18,20-21H,5,17,19H2,1-3H3,(H,37,45)/b39-32-. The largest absolute Gasteiger partial charge is 0.573 e. The Morgan fingerprint density at radius 1 is 1.13 bits per heavy atom. The number of thioether (sulfide) groups is 1. The molecule has 2 heterocycles. The Kier molecular flexibility index (Phi) is 10.1. The zero-order chi connectivity index (χ0) is 32.8. The van der Waals surface area contributed by atoms with E-state index in [1.807, 2.05) is 43.3 Å². The fourth-order valence-corrected chi connectivity index (χ4v) is 5.68. The SMILES string of the molecule is Cc1ccc(C(C)C)c(N2C(=O)CS/C2=N\C(=S)NCCC#Cc2ccc(-c3ncn(-c4ccc(OC(F)(F)F)cc4)n3)cc2)c1. The lowest BCUT2D eigenvalue weighted by Gasteiger charge is -2.22. The number of nitrogens with one attached hydrogen (secondary N) is 1. The van der Waals surface area contributed by atoms with Gasteiger partial charge in [0, 0.05) is 24.1 Å². The highest BCUT2D eigenvalue weighted by molar-refractivity contribution is 8.15. The molecule has 1 aliphatic heterocycles. The van der Waals surface area contributed by atoms with E-state index in [0.717, 1.165) is 27.9 Å². The maximum Gasteiger partial charge on any atom is 0.573 e. The number of ether oxygens (including phenoxy) is 1. The summed E-state index contributed by atoms with van der Waals surface area (Å²) in [7, 11) is 0. The number of rotatable bonds is 7. The van der Waals surface area contributed by atoms with Crippen molar-refractivity contribution in [2.75, 3.05) is 17.2 Å². The molecule has 0 saturated carbocycles. The van der Waals surface area contributed by atoms with Crippen molar-refractivity contribution in [3.8, 4) is 34.7 Å². The fourth-order valence-electron chi connectivity index (χ4n) is 4.56. The number of carbonyl (C=O) groups is 1. The zero-order valence-corrected chi connectivity index (χ0v) is 26.8. The summed E-state index contributed by atoms with van der Waals surface area (Å²) in [5.74, 6) is 6.91. The number of amidine groups is 1. The summed E-state index contributed by atoms with van der Waals surface area (Å²) in [6, 6.07) is 18.9. The third-order valence-corrected chi connectivity index (χ3v) is 7.90. The normalized spacial score (nSPS) is 14.0. The first-order valence-electron chi connectivity index (χ1n) is 14.3. The van der Waals surface area contributed by atoms with E-state index in [-0.39, 0.29) is 17.6 Å². The number of aliphatic imine (C=N–C) groups is 1. The number of halogens is 3. The van der Waals surface area contributed by atoms with Crippen molar-refractivity contribution >= 4 is 45.9 Å². The molecule has 0 atom stereocenters. The molecule has 0 radical (unpaired) electrons. The van der Waals surface area contributed by atoms with Crippen molar-refractivity contribution < 1.29 is 22.7 Å². The highest BCUT2D eigenvalue weighted by atomic mass is 32.2. The molecule has 46 heavy (non-hydrogen) atoms. The van der Waals surface area contributed by atoms with Crippen LogP contribution in [-0.4, -0.2) is 49.6 Å². The molecule has 0 unspecified atom stereocenters. The van der Waals surface area contributed by atoms with Crippen LogP contribution < -0.4 is 15.0 Å². The second kappa shape index (κ2) is 14.2. The molecule has 0 bridgehead atoms. The molecular formula is C33H29F3N6O2S2. The number of benzene rings is 3. The lowest BCUT2D eigenvalue weighted by atomic mass is 9.99. The summed E-state index contributed by atoms with van der Waals surface area (Å²) in [5.41, 5.74) is 5.10. The Balaban J connectivity index is 1.14. The number of nitrogens with zero attached hydrogens (tertiary/aromatic N) is 5. The number of amides is 1. The van der Waals surface area contributed by atoms with Gasteiger partial charge in [-0.3, -0.25) is 9.69 Å². The number of anilines is 1. The maximum absolute atomic E-state index is 12.8. The second-order valence-corrected chi connectivity index (χ2v) is 11.9. The molecule has 5 rings (SSSR count). The molecule has 1 amide bonds. The van der Waals surface area contributed by atoms with Gasteiger partial charge >= 0.3 is 6.36 Å². The van der Waals surface area contributed by atoms with Gasteiger partial charge in [-0.25, -0.2) is 9.67 Å². The number of aryl methyl sites for hydroxylation is 1. The predicted octanol–water partition coefficient (Wildman–Crippen LogP) is 7.02. The maximum atomic E-state index is 12.8. The van der Waals surface area contributed by atoms with Gasteiger partial charge in [-0.1, -0.05) is 49.6 Å². The summed E-state index contributed by atoms with van der Waals surface area (Å²) in [6.45, 7) is 6.69. The van der Waals surface area contributed by atoms with Crippen molar-refractivity contribution in [1.29, 1.82) is 0 Å². The number of aromatic nitrogens is 3. The highest BCUT2D eigenvalue weighted by Gasteiger charge is 2.32. The average Bonchev–Trinajstić information content (AvgIpc) is 3.64. The molecule has 4 aromatic rings. The van der Waals surface area contributed by atoms with Crippen molar-refractivity contribution in [3.05, 3.63) is 89.7 Å².